The van der Waals surface area contributed by atoms with Gasteiger partial charge in [0.1, 0.15) is 5.75 Å². The summed E-state index contributed by atoms with van der Waals surface area (Å²) in [6, 6.07) is 11.5. The lowest BCUT2D eigenvalue weighted by Gasteiger charge is -2.15. The predicted octanol–water partition coefficient (Wildman–Crippen LogP) is 3.71. The van der Waals surface area contributed by atoms with Gasteiger partial charge in [-0.3, -0.25) is 0 Å². The molecule has 5 heteroatoms. The maximum absolute atomic E-state index is 11.8. The zero-order valence-corrected chi connectivity index (χ0v) is 13.1. The first-order valence-electron chi connectivity index (χ1n) is 6.98. The molecule has 1 aromatic heterocycles. The SMILES string of the molecule is CCOc1ccc(C(C)NC(=O)NCc2cccs2)cc1. The van der Waals surface area contributed by atoms with E-state index >= 15 is 0 Å². The molecule has 1 heterocycles. The molecule has 2 aromatic rings. The van der Waals surface area contributed by atoms with Crippen LogP contribution in [0.2, 0.25) is 0 Å². The van der Waals surface area contributed by atoms with Crippen LogP contribution in [0.4, 0.5) is 4.79 Å². The minimum Gasteiger partial charge on any atom is -0.494 e. The smallest absolute Gasteiger partial charge is 0.315 e. The number of thiophene rings is 1. The second-order valence-corrected chi connectivity index (χ2v) is 5.66. The Morgan fingerprint density at radius 3 is 2.67 bits per heavy atom. The third kappa shape index (κ3) is 4.79. The average Bonchev–Trinajstić information content (AvgIpc) is 2.99. The lowest BCUT2D eigenvalue weighted by molar-refractivity contribution is 0.237. The number of carbonyl (C=O) groups is 1. The summed E-state index contributed by atoms with van der Waals surface area (Å²) in [7, 11) is 0. The van der Waals surface area contributed by atoms with E-state index in [9.17, 15) is 4.79 Å². The van der Waals surface area contributed by atoms with Gasteiger partial charge in [-0.1, -0.05) is 18.2 Å². The molecule has 1 unspecified atom stereocenters. The number of amides is 2. The first kappa shape index (κ1) is 15.4. The molecule has 21 heavy (non-hydrogen) atoms. The van der Waals surface area contributed by atoms with E-state index in [-0.39, 0.29) is 12.1 Å². The zero-order chi connectivity index (χ0) is 15.1. The van der Waals surface area contributed by atoms with Crippen molar-refractivity contribution in [3.05, 3.63) is 52.2 Å². The fourth-order valence-corrected chi connectivity index (χ4v) is 2.58. The summed E-state index contributed by atoms with van der Waals surface area (Å²) in [4.78, 5) is 13.0. The van der Waals surface area contributed by atoms with Crippen LogP contribution in [0.5, 0.6) is 5.75 Å². The summed E-state index contributed by atoms with van der Waals surface area (Å²) in [5.41, 5.74) is 1.05. The molecule has 0 aliphatic rings. The molecule has 0 radical (unpaired) electrons. The van der Waals surface area contributed by atoms with Gasteiger partial charge in [0.25, 0.3) is 0 Å². The van der Waals surface area contributed by atoms with Crippen LogP contribution in [0, 0.1) is 0 Å². The second-order valence-electron chi connectivity index (χ2n) is 4.63. The maximum Gasteiger partial charge on any atom is 0.315 e. The summed E-state index contributed by atoms with van der Waals surface area (Å²) in [5.74, 6) is 0.843. The predicted molar refractivity (Wildman–Crippen MR) is 85.7 cm³/mol. The maximum atomic E-state index is 11.8. The highest BCUT2D eigenvalue weighted by molar-refractivity contribution is 7.09. The molecule has 2 rings (SSSR count). The molecule has 0 bridgehead atoms. The van der Waals surface area contributed by atoms with Crippen LogP contribution >= 0.6 is 11.3 Å². The van der Waals surface area contributed by atoms with Crippen molar-refractivity contribution >= 4 is 17.4 Å². The molecule has 0 fully saturated rings. The van der Waals surface area contributed by atoms with Gasteiger partial charge in [-0.25, -0.2) is 4.79 Å². The first-order chi connectivity index (χ1) is 10.2. The lowest BCUT2D eigenvalue weighted by atomic mass is 10.1. The van der Waals surface area contributed by atoms with Gasteiger partial charge >= 0.3 is 6.03 Å². The van der Waals surface area contributed by atoms with E-state index in [2.05, 4.69) is 10.6 Å². The fourth-order valence-electron chi connectivity index (χ4n) is 1.93. The van der Waals surface area contributed by atoms with E-state index < -0.39 is 0 Å². The van der Waals surface area contributed by atoms with E-state index in [0.717, 1.165) is 16.2 Å². The van der Waals surface area contributed by atoms with Crippen molar-refractivity contribution in [2.45, 2.75) is 26.4 Å². The Kier molecular flexibility index (Phi) is 5.63. The number of hydrogen-bond acceptors (Lipinski definition) is 3. The third-order valence-corrected chi connectivity index (χ3v) is 3.92. The van der Waals surface area contributed by atoms with Crippen LogP contribution in [0.25, 0.3) is 0 Å². The zero-order valence-electron chi connectivity index (χ0n) is 12.3. The number of nitrogens with one attached hydrogen (secondary N) is 2. The molecule has 0 aliphatic heterocycles. The lowest BCUT2D eigenvalue weighted by Crippen LogP contribution is -2.36. The van der Waals surface area contributed by atoms with Gasteiger partial charge in [0, 0.05) is 4.88 Å². The van der Waals surface area contributed by atoms with Crippen molar-refractivity contribution < 1.29 is 9.53 Å². The highest BCUT2D eigenvalue weighted by Crippen LogP contribution is 2.17. The Bertz CT molecular complexity index is 552. The largest absolute Gasteiger partial charge is 0.494 e. The number of benzene rings is 1. The van der Waals surface area contributed by atoms with E-state index in [1.54, 1.807) is 11.3 Å². The van der Waals surface area contributed by atoms with Crippen LogP contribution in [-0.4, -0.2) is 12.6 Å². The van der Waals surface area contributed by atoms with Crippen molar-refractivity contribution in [3.8, 4) is 5.75 Å². The standard InChI is InChI=1S/C16H20N2O2S/c1-3-20-14-8-6-13(7-9-14)12(2)18-16(19)17-11-15-5-4-10-21-15/h4-10,12H,3,11H2,1-2H3,(H2,17,18,19). The van der Waals surface area contributed by atoms with Gasteiger partial charge in [0.15, 0.2) is 0 Å². The normalized spacial score (nSPS) is 11.7. The summed E-state index contributed by atoms with van der Waals surface area (Å²) < 4.78 is 5.40. The topological polar surface area (TPSA) is 50.4 Å². The molecule has 1 aromatic carbocycles. The molecule has 2 N–H and O–H groups in total. The molecule has 0 saturated heterocycles. The first-order valence-corrected chi connectivity index (χ1v) is 7.86. The quantitative estimate of drug-likeness (QED) is 0.855. The van der Waals surface area contributed by atoms with Crippen LogP contribution in [0.1, 0.15) is 30.3 Å². The summed E-state index contributed by atoms with van der Waals surface area (Å²) >= 11 is 1.63. The summed E-state index contributed by atoms with van der Waals surface area (Å²) in [6.07, 6.45) is 0. The van der Waals surface area contributed by atoms with E-state index in [1.165, 1.54) is 0 Å². The summed E-state index contributed by atoms with van der Waals surface area (Å²) in [5, 5.41) is 7.77. The van der Waals surface area contributed by atoms with Crippen LogP contribution < -0.4 is 15.4 Å². The minimum atomic E-state index is -0.162. The molecule has 0 spiro atoms. The van der Waals surface area contributed by atoms with Crippen molar-refractivity contribution in [1.29, 1.82) is 0 Å². The molecule has 1 atom stereocenters. The van der Waals surface area contributed by atoms with Gasteiger partial charge in [-0.15, -0.1) is 11.3 Å². The van der Waals surface area contributed by atoms with E-state index in [1.807, 2.05) is 55.6 Å². The van der Waals surface area contributed by atoms with Crippen molar-refractivity contribution in [2.75, 3.05) is 6.61 Å². The van der Waals surface area contributed by atoms with Crippen molar-refractivity contribution in [1.82, 2.24) is 10.6 Å². The van der Waals surface area contributed by atoms with Gasteiger partial charge < -0.3 is 15.4 Å². The Balaban J connectivity index is 1.82. The average molecular weight is 304 g/mol. The Labute approximate surface area is 129 Å². The second kappa shape index (κ2) is 7.69. The third-order valence-electron chi connectivity index (χ3n) is 3.04. The number of hydrogen-bond donors (Lipinski definition) is 2. The Morgan fingerprint density at radius 2 is 2.05 bits per heavy atom. The monoisotopic (exact) mass is 304 g/mol. The molecule has 0 aliphatic carbocycles. The van der Waals surface area contributed by atoms with E-state index in [4.69, 9.17) is 4.74 Å². The van der Waals surface area contributed by atoms with Crippen LogP contribution in [0.3, 0.4) is 0 Å². The highest BCUT2D eigenvalue weighted by atomic mass is 32.1. The fraction of sp³-hybridized carbons (Fsp3) is 0.312. The molecule has 112 valence electrons. The molecule has 0 saturated carbocycles. The Hall–Kier alpha value is -2.01. The highest BCUT2D eigenvalue weighted by Gasteiger charge is 2.09. The van der Waals surface area contributed by atoms with Gasteiger partial charge in [0.2, 0.25) is 0 Å². The van der Waals surface area contributed by atoms with Gasteiger partial charge in [0.05, 0.1) is 19.2 Å². The van der Waals surface area contributed by atoms with Crippen LogP contribution in [0.15, 0.2) is 41.8 Å². The Morgan fingerprint density at radius 1 is 1.29 bits per heavy atom. The van der Waals surface area contributed by atoms with E-state index in [0.29, 0.717) is 13.2 Å². The number of carbonyl (C=O) groups excluding carboxylic acids is 1. The molecule has 2 amide bonds. The number of ether oxygens (including phenoxy) is 1. The molecular weight excluding hydrogens is 284 g/mol. The number of urea groups is 1. The molecule has 4 nitrogen and oxygen atoms in total. The minimum absolute atomic E-state index is 0.0518. The van der Waals surface area contributed by atoms with Crippen LogP contribution in [-0.2, 0) is 6.54 Å². The molecular formula is C16H20N2O2S. The van der Waals surface area contributed by atoms with Crippen molar-refractivity contribution in [3.63, 3.8) is 0 Å². The van der Waals surface area contributed by atoms with Gasteiger partial charge in [-0.2, -0.15) is 0 Å². The summed E-state index contributed by atoms with van der Waals surface area (Å²) in [6.45, 7) is 5.12. The number of rotatable bonds is 6. The van der Waals surface area contributed by atoms with Gasteiger partial charge in [-0.05, 0) is 43.0 Å². The van der Waals surface area contributed by atoms with Crippen molar-refractivity contribution in [2.24, 2.45) is 0 Å².